The number of rotatable bonds is 0. The average molecular weight is 208 g/mol. The summed E-state index contributed by atoms with van der Waals surface area (Å²) in [4.78, 5) is 45.8. The van der Waals surface area contributed by atoms with E-state index in [2.05, 4.69) is 4.74 Å². The fraction of sp³-hybridized carbons (Fsp3) is 0.600. The van der Waals surface area contributed by atoms with Gasteiger partial charge in [0.05, 0.1) is 11.8 Å². The van der Waals surface area contributed by atoms with Crippen molar-refractivity contribution in [3.63, 3.8) is 0 Å². The minimum atomic E-state index is -0.679. The van der Waals surface area contributed by atoms with E-state index in [4.69, 9.17) is 0 Å². The number of carbonyl (C=O) groups excluding carboxylic acids is 4. The first-order chi connectivity index (χ1) is 7.09. The molecule has 5 heteroatoms. The van der Waals surface area contributed by atoms with E-state index in [1.807, 2.05) is 0 Å². The van der Waals surface area contributed by atoms with Crippen molar-refractivity contribution in [2.24, 2.45) is 23.7 Å². The highest BCUT2D eigenvalue weighted by molar-refractivity contribution is 6.09. The summed E-state index contributed by atoms with van der Waals surface area (Å²) in [5, 5.41) is 0. The lowest BCUT2D eigenvalue weighted by atomic mass is 9.58. The predicted molar refractivity (Wildman–Crippen MR) is 44.3 cm³/mol. The van der Waals surface area contributed by atoms with Crippen molar-refractivity contribution >= 4 is 23.5 Å². The fourth-order valence-electron chi connectivity index (χ4n) is 2.98. The van der Waals surface area contributed by atoms with Crippen molar-refractivity contribution in [2.45, 2.75) is 12.8 Å². The summed E-state index contributed by atoms with van der Waals surface area (Å²) in [6.07, 6.45) is 0.208. The van der Waals surface area contributed by atoms with Crippen LogP contribution in [0.3, 0.4) is 0 Å². The van der Waals surface area contributed by atoms with E-state index in [9.17, 15) is 19.2 Å². The molecule has 0 N–H and O–H groups in total. The van der Waals surface area contributed by atoms with Crippen LogP contribution in [0.5, 0.6) is 0 Å². The Balaban J connectivity index is 2.09. The Morgan fingerprint density at radius 2 is 1.20 bits per heavy atom. The summed E-state index contributed by atoms with van der Waals surface area (Å²) in [7, 11) is 0. The Morgan fingerprint density at radius 3 is 1.60 bits per heavy atom. The number of Topliss-reactive ketones (excluding diaryl/α,β-unsaturated/α-hetero) is 2. The maximum Gasteiger partial charge on any atom is 0.318 e. The van der Waals surface area contributed by atoms with Crippen LogP contribution >= 0.6 is 0 Å². The Bertz CT molecular complexity index is 372. The van der Waals surface area contributed by atoms with Crippen LogP contribution in [-0.2, 0) is 23.9 Å². The summed E-state index contributed by atoms with van der Waals surface area (Å²) in [6, 6.07) is 0. The van der Waals surface area contributed by atoms with Crippen LogP contribution < -0.4 is 0 Å². The molecule has 78 valence electrons. The van der Waals surface area contributed by atoms with Crippen LogP contribution in [0.4, 0.5) is 0 Å². The molecule has 4 atom stereocenters. The summed E-state index contributed by atoms with van der Waals surface area (Å²) >= 11 is 0. The van der Waals surface area contributed by atoms with Gasteiger partial charge in [0, 0.05) is 24.7 Å². The van der Waals surface area contributed by atoms with Gasteiger partial charge < -0.3 is 4.74 Å². The van der Waals surface area contributed by atoms with Crippen molar-refractivity contribution in [3.05, 3.63) is 0 Å². The molecule has 0 aromatic carbocycles. The number of esters is 2. The third kappa shape index (κ3) is 0.926. The highest BCUT2D eigenvalue weighted by atomic mass is 16.6. The van der Waals surface area contributed by atoms with Gasteiger partial charge >= 0.3 is 11.9 Å². The monoisotopic (exact) mass is 208 g/mol. The smallest absolute Gasteiger partial charge is 0.318 e. The molecule has 1 heterocycles. The van der Waals surface area contributed by atoms with Gasteiger partial charge in [-0.2, -0.15) is 0 Å². The minimum Gasteiger partial charge on any atom is -0.393 e. The Morgan fingerprint density at radius 1 is 0.800 bits per heavy atom. The summed E-state index contributed by atoms with van der Waals surface area (Å²) in [6.45, 7) is 0. The predicted octanol–water partition coefficient (Wildman–Crippen LogP) is -0.520. The number of fused-ring (bicyclic) bond motifs is 2. The molecule has 4 rings (SSSR count). The Kier molecular flexibility index (Phi) is 1.48. The molecule has 0 aromatic rings. The normalized spacial score (nSPS) is 43.2. The van der Waals surface area contributed by atoms with Gasteiger partial charge in [-0.15, -0.1) is 0 Å². The lowest BCUT2D eigenvalue weighted by Crippen LogP contribution is -2.51. The van der Waals surface area contributed by atoms with Crippen molar-refractivity contribution in [3.8, 4) is 0 Å². The maximum absolute atomic E-state index is 11.5. The van der Waals surface area contributed by atoms with Crippen LogP contribution in [0.1, 0.15) is 12.8 Å². The van der Waals surface area contributed by atoms with Crippen LogP contribution in [0.2, 0.25) is 0 Å². The van der Waals surface area contributed by atoms with E-state index in [0.29, 0.717) is 0 Å². The Hall–Kier alpha value is -1.52. The number of ketones is 2. The summed E-state index contributed by atoms with van der Waals surface area (Å²) in [5.41, 5.74) is 0. The van der Waals surface area contributed by atoms with Gasteiger partial charge in [-0.3, -0.25) is 19.2 Å². The molecular formula is C10H8O5. The second-order valence-corrected chi connectivity index (χ2v) is 4.35. The molecule has 0 aromatic heterocycles. The third-order valence-corrected chi connectivity index (χ3v) is 3.67. The number of carbonyl (C=O) groups is 4. The molecule has 1 aliphatic heterocycles. The lowest BCUT2D eigenvalue weighted by Gasteiger charge is -2.39. The van der Waals surface area contributed by atoms with E-state index in [-0.39, 0.29) is 24.4 Å². The zero-order valence-electron chi connectivity index (χ0n) is 7.76. The van der Waals surface area contributed by atoms with Gasteiger partial charge in [0.2, 0.25) is 0 Å². The van der Waals surface area contributed by atoms with Crippen molar-refractivity contribution in [1.82, 2.24) is 0 Å². The van der Waals surface area contributed by atoms with Gasteiger partial charge in [-0.05, 0) is 0 Å². The summed E-state index contributed by atoms with van der Waals surface area (Å²) in [5.74, 6) is -3.97. The maximum atomic E-state index is 11.5. The third-order valence-electron chi connectivity index (χ3n) is 3.67. The van der Waals surface area contributed by atoms with E-state index in [1.54, 1.807) is 0 Å². The van der Waals surface area contributed by atoms with Crippen molar-refractivity contribution in [1.29, 1.82) is 0 Å². The van der Waals surface area contributed by atoms with E-state index in [0.717, 1.165) is 0 Å². The molecule has 0 unspecified atom stereocenters. The zero-order chi connectivity index (χ0) is 10.7. The highest BCUT2D eigenvalue weighted by Gasteiger charge is 2.62. The van der Waals surface area contributed by atoms with E-state index < -0.39 is 35.6 Å². The molecule has 3 saturated carbocycles. The van der Waals surface area contributed by atoms with Crippen LogP contribution in [0.25, 0.3) is 0 Å². The van der Waals surface area contributed by atoms with Gasteiger partial charge in [0.15, 0.2) is 0 Å². The Labute approximate surface area is 84.8 Å². The molecule has 4 fully saturated rings. The number of cyclic esters (lactones) is 2. The molecule has 5 nitrogen and oxygen atoms in total. The molecule has 15 heavy (non-hydrogen) atoms. The SMILES string of the molecule is O=C1OC(=O)[C@H]2[C@@H]1[C@@H]1CC(=O)[C@H]2CC1=O. The first-order valence-corrected chi connectivity index (χ1v) is 4.90. The molecule has 4 aliphatic rings. The van der Waals surface area contributed by atoms with Gasteiger partial charge in [-0.1, -0.05) is 0 Å². The topological polar surface area (TPSA) is 77.5 Å². The minimum absolute atomic E-state index is 0.0764. The number of hydrogen-bond acceptors (Lipinski definition) is 5. The fourth-order valence-corrected chi connectivity index (χ4v) is 2.98. The highest BCUT2D eigenvalue weighted by Crippen LogP contribution is 2.49. The second kappa shape index (κ2) is 2.53. The van der Waals surface area contributed by atoms with Gasteiger partial charge in [0.1, 0.15) is 11.6 Å². The number of ether oxygens (including phenoxy) is 1. The van der Waals surface area contributed by atoms with Crippen LogP contribution in [0.15, 0.2) is 0 Å². The van der Waals surface area contributed by atoms with E-state index >= 15 is 0 Å². The van der Waals surface area contributed by atoms with Gasteiger partial charge in [-0.25, -0.2) is 0 Å². The van der Waals surface area contributed by atoms with Crippen LogP contribution in [0, 0.1) is 23.7 Å². The zero-order valence-corrected chi connectivity index (χ0v) is 7.76. The molecule has 3 aliphatic carbocycles. The van der Waals surface area contributed by atoms with Crippen LogP contribution in [-0.4, -0.2) is 23.5 Å². The second-order valence-electron chi connectivity index (χ2n) is 4.35. The first kappa shape index (κ1) is 8.76. The number of hydrogen-bond donors (Lipinski definition) is 0. The molecule has 0 radical (unpaired) electrons. The average Bonchev–Trinajstić information content (AvgIpc) is 2.46. The standard InChI is InChI=1S/C10H8O5/c11-5-1-3-6(12)2-4(5)8-7(3)9(13)15-10(8)14/h3-4,7-8H,1-2H2/t3-,4-,7-,8+/m1/s1. The largest absolute Gasteiger partial charge is 0.393 e. The quantitative estimate of drug-likeness (QED) is 0.395. The molecule has 2 bridgehead atoms. The lowest BCUT2D eigenvalue weighted by molar-refractivity contribution is -0.154. The summed E-state index contributed by atoms with van der Waals surface area (Å²) < 4.78 is 4.50. The van der Waals surface area contributed by atoms with Crippen molar-refractivity contribution < 1.29 is 23.9 Å². The first-order valence-electron chi connectivity index (χ1n) is 4.90. The van der Waals surface area contributed by atoms with E-state index in [1.165, 1.54) is 0 Å². The molecule has 0 spiro atoms. The van der Waals surface area contributed by atoms with Gasteiger partial charge in [0.25, 0.3) is 0 Å². The molecular weight excluding hydrogens is 200 g/mol. The molecule has 1 saturated heterocycles. The van der Waals surface area contributed by atoms with Crippen molar-refractivity contribution in [2.75, 3.05) is 0 Å². The molecule has 0 amide bonds.